The molecule has 7 nitrogen and oxygen atoms in total. The van der Waals surface area contributed by atoms with E-state index in [9.17, 15) is 19.7 Å². The predicted octanol–water partition coefficient (Wildman–Crippen LogP) is 3.89. The van der Waals surface area contributed by atoms with Crippen LogP contribution < -0.4 is 5.32 Å². The second-order valence-corrected chi connectivity index (χ2v) is 7.75. The van der Waals surface area contributed by atoms with E-state index in [4.69, 9.17) is 4.74 Å². The van der Waals surface area contributed by atoms with Crippen LogP contribution in [0.1, 0.15) is 39.7 Å². The van der Waals surface area contributed by atoms with Gasteiger partial charge < -0.3 is 10.1 Å². The molecule has 0 bridgehead atoms. The molecular weight excluding hydrogens is 368 g/mol. The molecule has 1 aromatic carbocycles. The van der Waals surface area contributed by atoms with E-state index in [0.29, 0.717) is 17.0 Å². The minimum atomic E-state index is -0.542. The summed E-state index contributed by atoms with van der Waals surface area (Å²) in [7, 11) is 0. The van der Waals surface area contributed by atoms with E-state index < -0.39 is 23.4 Å². The molecule has 0 saturated heterocycles. The van der Waals surface area contributed by atoms with Gasteiger partial charge in [-0.2, -0.15) is 0 Å². The molecule has 1 atom stereocenters. The summed E-state index contributed by atoms with van der Waals surface area (Å²) in [6, 6.07) is 4.41. The summed E-state index contributed by atoms with van der Waals surface area (Å²) >= 11 is 1.56. The first-order chi connectivity index (χ1) is 12.8. The monoisotopic (exact) mass is 388 g/mol. The zero-order valence-corrected chi connectivity index (χ0v) is 15.9. The minimum Gasteiger partial charge on any atom is -0.452 e. The van der Waals surface area contributed by atoms with Gasteiger partial charge >= 0.3 is 5.97 Å². The molecule has 0 saturated carbocycles. The molecule has 2 aromatic rings. The molecular formula is C19H20N2O5S. The number of nitrogens with one attached hydrogen (secondary N) is 1. The smallest absolute Gasteiger partial charge is 0.339 e. The van der Waals surface area contributed by atoms with E-state index in [0.717, 1.165) is 24.8 Å². The van der Waals surface area contributed by atoms with Gasteiger partial charge in [0, 0.05) is 27.6 Å². The molecule has 1 aliphatic rings. The maximum Gasteiger partial charge on any atom is 0.339 e. The number of carbonyl (C=O) groups is 2. The molecule has 3 rings (SSSR count). The number of hydrogen-bond acceptors (Lipinski definition) is 6. The Morgan fingerprint density at radius 2 is 2.19 bits per heavy atom. The summed E-state index contributed by atoms with van der Waals surface area (Å²) in [4.78, 5) is 36.0. The number of amides is 1. The van der Waals surface area contributed by atoms with Crippen molar-refractivity contribution in [1.29, 1.82) is 0 Å². The Kier molecular flexibility index (Phi) is 5.55. The van der Waals surface area contributed by atoms with Crippen LogP contribution in [-0.4, -0.2) is 23.4 Å². The van der Waals surface area contributed by atoms with Crippen molar-refractivity contribution in [2.45, 2.75) is 33.1 Å². The number of ether oxygens (including phenoxy) is 1. The number of aryl methyl sites for hydroxylation is 1. The molecule has 0 aliphatic heterocycles. The van der Waals surface area contributed by atoms with Crippen LogP contribution in [0.15, 0.2) is 23.6 Å². The first kappa shape index (κ1) is 19.0. The Bertz CT molecular complexity index is 906. The van der Waals surface area contributed by atoms with Crippen LogP contribution in [0.4, 0.5) is 11.4 Å². The average Bonchev–Trinajstić information content (AvgIpc) is 3.04. The Balaban J connectivity index is 1.59. The Morgan fingerprint density at radius 3 is 2.93 bits per heavy atom. The van der Waals surface area contributed by atoms with Gasteiger partial charge in [-0.05, 0) is 43.7 Å². The van der Waals surface area contributed by atoms with E-state index in [1.165, 1.54) is 10.9 Å². The van der Waals surface area contributed by atoms with E-state index in [1.54, 1.807) is 35.8 Å². The van der Waals surface area contributed by atoms with Crippen molar-refractivity contribution >= 4 is 34.6 Å². The molecule has 1 aliphatic carbocycles. The third-order valence-corrected chi connectivity index (χ3v) is 5.70. The number of nitrogens with zero attached hydrogens (tertiary/aromatic N) is 1. The van der Waals surface area contributed by atoms with Gasteiger partial charge in [0.2, 0.25) is 0 Å². The zero-order valence-electron chi connectivity index (χ0n) is 15.1. The Morgan fingerprint density at radius 1 is 1.41 bits per heavy atom. The first-order valence-corrected chi connectivity index (χ1v) is 9.54. The van der Waals surface area contributed by atoms with Crippen LogP contribution in [0.3, 0.4) is 0 Å². The van der Waals surface area contributed by atoms with Crippen LogP contribution in [0.2, 0.25) is 0 Å². The number of nitro groups is 1. The first-order valence-electron chi connectivity index (χ1n) is 8.66. The van der Waals surface area contributed by atoms with E-state index in [-0.39, 0.29) is 11.4 Å². The normalized spacial score (nSPS) is 15.7. The number of nitro benzene ring substituents is 1. The maximum atomic E-state index is 12.3. The van der Waals surface area contributed by atoms with Gasteiger partial charge in [0.1, 0.15) is 0 Å². The highest BCUT2D eigenvalue weighted by atomic mass is 32.1. The molecule has 0 fully saturated rings. The van der Waals surface area contributed by atoms with E-state index in [2.05, 4.69) is 12.2 Å². The highest BCUT2D eigenvalue weighted by molar-refractivity contribution is 7.10. The summed E-state index contributed by atoms with van der Waals surface area (Å²) in [5, 5.41) is 15.3. The van der Waals surface area contributed by atoms with Gasteiger partial charge in [-0.3, -0.25) is 14.9 Å². The number of esters is 1. The molecule has 1 aromatic heterocycles. The van der Waals surface area contributed by atoms with Crippen LogP contribution in [0.25, 0.3) is 0 Å². The van der Waals surface area contributed by atoms with Gasteiger partial charge in [-0.1, -0.05) is 13.0 Å². The third-order valence-electron chi connectivity index (χ3n) is 4.65. The molecule has 27 heavy (non-hydrogen) atoms. The maximum absolute atomic E-state index is 12.3. The van der Waals surface area contributed by atoms with Crippen molar-refractivity contribution in [2.24, 2.45) is 5.92 Å². The quantitative estimate of drug-likeness (QED) is 0.476. The minimum absolute atomic E-state index is 0.0797. The van der Waals surface area contributed by atoms with Crippen molar-refractivity contribution in [3.63, 3.8) is 0 Å². The third kappa shape index (κ3) is 4.33. The summed E-state index contributed by atoms with van der Waals surface area (Å²) in [5.74, 6) is -0.435. The van der Waals surface area contributed by atoms with Crippen LogP contribution >= 0.6 is 11.3 Å². The van der Waals surface area contributed by atoms with Gasteiger partial charge in [0.05, 0.1) is 10.5 Å². The van der Waals surface area contributed by atoms with Crippen molar-refractivity contribution in [1.82, 2.24) is 0 Å². The van der Waals surface area contributed by atoms with Crippen LogP contribution in [0, 0.1) is 23.0 Å². The van der Waals surface area contributed by atoms with E-state index >= 15 is 0 Å². The fourth-order valence-corrected chi connectivity index (χ4v) is 4.37. The van der Waals surface area contributed by atoms with E-state index in [1.807, 2.05) is 0 Å². The highest BCUT2D eigenvalue weighted by Gasteiger charge is 2.24. The molecule has 142 valence electrons. The molecule has 1 N–H and O–H groups in total. The fourth-order valence-electron chi connectivity index (χ4n) is 3.14. The van der Waals surface area contributed by atoms with Crippen molar-refractivity contribution in [2.75, 3.05) is 11.9 Å². The molecule has 1 unspecified atom stereocenters. The Labute approximate surface area is 160 Å². The molecule has 0 spiro atoms. The molecule has 1 amide bonds. The molecule has 1 heterocycles. The number of anilines is 1. The molecule has 0 radical (unpaired) electrons. The SMILES string of the molecule is Cc1ccc(NC(=O)COC(=O)c2csc3c2CCC(C)C3)cc1[N+](=O)[O-]. The lowest BCUT2D eigenvalue weighted by atomic mass is 9.88. The summed E-state index contributed by atoms with van der Waals surface area (Å²) in [5.41, 5.74) is 2.29. The summed E-state index contributed by atoms with van der Waals surface area (Å²) < 4.78 is 5.14. The molecule has 8 heteroatoms. The lowest BCUT2D eigenvalue weighted by Gasteiger charge is -2.18. The van der Waals surface area contributed by atoms with Crippen LogP contribution in [-0.2, 0) is 22.4 Å². The largest absolute Gasteiger partial charge is 0.452 e. The predicted molar refractivity (Wildman–Crippen MR) is 102 cm³/mol. The number of carbonyl (C=O) groups excluding carboxylic acids is 2. The van der Waals surface area contributed by atoms with Gasteiger partial charge in [0.25, 0.3) is 11.6 Å². The van der Waals surface area contributed by atoms with Gasteiger partial charge in [-0.25, -0.2) is 4.79 Å². The lowest BCUT2D eigenvalue weighted by molar-refractivity contribution is -0.385. The zero-order chi connectivity index (χ0) is 19.6. The topological polar surface area (TPSA) is 98.5 Å². The van der Waals surface area contributed by atoms with Crippen molar-refractivity contribution < 1.29 is 19.2 Å². The van der Waals surface area contributed by atoms with Gasteiger partial charge in [-0.15, -0.1) is 11.3 Å². The summed E-state index contributed by atoms with van der Waals surface area (Å²) in [6.07, 6.45) is 2.86. The fraction of sp³-hybridized carbons (Fsp3) is 0.368. The van der Waals surface area contributed by atoms with Crippen LogP contribution in [0.5, 0.6) is 0 Å². The standard InChI is InChI=1S/C19H20N2O5S/c1-11-3-6-14-15(10-27-17(14)7-11)19(23)26-9-18(22)20-13-5-4-12(2)16(8-13)21(24)25/h4-5,8,10-11H,3,6-7,9H2,1-2H3,(H,20,22). The number of hydrogen-bond donors (Lipinski definition) is 1. The second kappa shape index (κ2) is 7.87. The number of benzene rings is 1. The van der Waals surface area contributed by atoms with Crippen molar-refractivity contribution in [3.05, 3.63) is 55.3 Å². The Hall–Kier alpha value is -2.74. The highest BCUT2D eigenvalue weighted by Crippen LogP contribution is 2.33. The average molecular weight is 388 g/mol. The number of rotatable bonds is 5. The lowest BCUT2D eigenvalue weighted by Crippen LogP contribution is -2.21. The van der Waals surface area contributed by atoms with Gasteiger partial charge in [0.15, 0.2) is 6.61 Å². The number of thiophene rings is 1. The van der Waals surface area contributed by atoms with Crippen molar-refractivity contribution in [3.8, 4) is 0 Å². The number of fused-ring (bicyclic) bond motifs is 1. The summed E-state index contributed by atoms with van der Waals surface area (Å²) in [6.45, 7) is 3.37. The second-order valence-electron chi connectivity index (χ2n) is 6.78.